The molecular weight excluding hydrogens is 328 g/mol. The number of fused-ring (bicyclic) bond motifs is 1. The van der Waals surface area contributed by atoms with Crippen molar-refractivity contribution in [2.24, 2.45) is 0 Å². The Kier molecular flexibility index (Phi) is 4.38. The lowest BCUT2D eigenvalue weighted by atomic mass is 10.2. The van der Waals surface area contributed by atoms with Crippen molar-refractivity contribution in [1.29, 1.82) is 0 Å². The Morgan fingerprint density at radius 2 is 1.69 bits per heavy atom. The molecule has 3 heterocycles. The molecule has 1 aromatic carbocycles. The maximum absolute atomic E-state index is 5.82. The SMILES string of the molecule is Cc1ccc(Nc2nc(N3C[C@@H](C)O[C@H](C)C3)nc3nccnc23)cc1. The fourth-order valence-corrected chi connectivity index (χ4v) is 3.20. The minimum absolute atomic E-state index is 0.133. The Morgan fingerprint density at radius 3 is 2.42 bits per heavy atom. The quantitative estimate of drug-likeness (QED) is 0.778. The molecule has 2 atom stereocenters. The Bertz CT molecular complexity index is 904. The van der Waals surface area contributed by atoms with E-state index in [2.05, 4.69) is 58.1 Å². The zero-order chi connectivity index (χ0) is 18.1. The van der Waals surface area contributed by atoms with Gasteiger partial charge in [-0.2, -0.15) is 9.97 Å². The van der Waals surface area contributed by atoms with E-state index in [4.69, 9.17) is 9.72 Å². The summed E-state index contributed by atoms with van der Waals surface area (Å²) < 4.78 is 5.82. The van der Waals surface area contributed by atoms with Gasteiger partial charge in [-0.3, -0.25) is 0 Å². The van der Waals surface area contributed by atoms with E-state index in [0.717, 1.165) is 18.8 Å². The van der Waals surface area contributed by atoms with Gasteiger partial charge in [0.2, 0.25) is 5.95 Å². The van der Waals surface area contributed by atoms with Crippen LogP contribution < -0.4 is 10.2 Å². The maximum atomic E-state index is 5.82. The summed E-state index contributed by atoms with van der Waals surface area (Å²) >= 11 is 0. The molecule has 1 fully saturated rings. The molecule has 0 spiro atoms. The van der Waals surface area contributed by atoms with Crippen LogP contribution in [0.2, 0.25) is 0 Å². The third kappa shape index (κ3) is 3.43. The van der Waals surface area contributed by atoms with Gasteiger partial charge in [-0.05, 0) is 32.9 Å². The molecule has 0 unspecified atom stereocenters. The van der Waals surface area contributed by atoms with Crippen molar-refractivity contribution in [3.8, 4) is 0 Å². The summed E-state index contributed by atoms with van der Waals surface area (Å²) in [6.07, 6.45) is 3.58. The molecule has 2 aromatic heterocycles. The van der Waals surface area contributed by atoms with Gasteiger partial charge in [0.05, 0.1) is 12.2 Å². The van der Waals surface area contributed by atoms with Crippen LogP contribution in [-0.2, 0) is 4.74 Å². The highest BCUT2D eigenvalue weighted by atomic mass is 16.5. The predicted octanol–water partition coefficient (Wildman–Crippen LogP) is 3.09. The lowest BCUT2D eigenvalue weighted by molar-refractivity contribution is -0.00569. The Hall–Kier alpha value is -2.80. The molecule has 134 valence electrons. The van der Waals surface area contributed by atoms with Gasteiger partial charge < -0.3 is 15.0 Å². The lowest BCUT2D eigenvalue weighted by Crippen LogP contribution is -2.46. The van der Waals surface area contributed by atoms with Gasteiger partial charge in [0.15, 0.2) is 17.0 Å². The van der Waals surface area contributed by atoms with E-state index < -0.39 is 0 Å². The summed E-state index contributed by atoms with van der Waals surface area (Å²) in [5.74, 6) is 1.31. The molecule has 0 amide bonds. The number of ether oxygens (including phenoxy) is 1. The van der Waals surface area contributed by atoms with Crippen LogP contribution in [-0.4, -0.2) is 45.2 Å². The molecule has 7 heteroatoms. The molecule has 7 nitrogen and oxygen atoms in total. The molecule has 3 aromatic rings. The summed E-state index contributed by atoms with van der Waals surface area (Å²) in [5.41, 5.74) is 3.40. The fraction of sp³-hybridized carbons (Fsp3) is 0.368. The van der Waals surface area contributed by atoms with Crippen LogP contribution in [0.5, 0.6) is 0 Å². The van der Waals surface area contributed by atoms with E-state index >= 15 is 0 Å². The maximum Gasteiger partial charge on any atom is 0.229 e. The molecule has 0 saturated carbocycles. The highest BCUT2D eigenvalue weighted by molar-refractivity contribution is 5.85. The van der Waals surface area contributed by atoms with E-state index in [1.54, 1.807) is 12.4 Å². The molecule has 1 saturated heterocycles. The molecular formula is C19H22N6O. The fourth-order valence-electron chi connectivity index (χ4n) is 3.20. The number of nitrogens with zero attached hydrogens (tertiary/aromatic N) is 5. The largest absolute Gasteiger partial charge is 0.372 e. The topological polar surface area (TPSA) is 76.1 Å². The Balaban J connectivity index is 1.74. The van der Waals surface area contributed by atoms with Crippen molar-refractivity contribution in [2.75, 3.05) is 23.3 Å². The first-order valence-electron chi connectivity index (χ1n) is 8.81. The van der Waals surface area contributed by atoms with Gasteiger partial charge in [0.1, 0.15) is 0 Å². The summed E-state index contributed by atoms with van der Waals surface area (Å²) in [6, 6.07) is 8.17. The number of aromatic nitrogens is 4. The minimum atomic E-state index is 0.133. The minimum Gasteiger partial charge on any atom is -0.372 e. The van der Waals surface area contributed by atoms with Crippen LogP contribution in [0.15, 0.2) is 36.7 Å². The molecule has 1 aliphatic rings. The Labute approximate surface area is 152 Å². The van der Waals surface area contributed by atoms with Crippen LogP contribution >= 0.6 is 0 Å². The van der Waals surface area contributed by atoms with Crippen molar-refractivity contribution in [1.82, 2.24) is 19.9 Å². The first-order valence-corrected chi connectivity index (χ1v) is 8.81. The second-order valence-corrected chi connectivity index (χ2v) is 6.75. The normalized spacial score (nSPS) is 20.3. The number of benzene rings is 1. The van der Waals surface area contributed by atoms with E-state index in [9.17, 15) is 0 Å². The number of hydrogen-bond acceptors (Lipinski definition) is 7. The van der Waals surface area contributed by atoms with Crippen molar-refractivity contribution in [3.05, 3.63) is 42.2 Å². The van der Waals surface area contributed by atoms with Crippen LogP contribution in [0, 0.1) is 6.92 Å². The van der Waals surface area contributed by atoms with Crippen LogP contribution in [0.4, 0.5) is 17.5 Å². The standard InChI is InChI=1S/C19H22N6O/c1-12-4-6-15(7-5-12)22-18-16-17(21-9-8-20-16)23-19(24-18)25-10-13(2)26-14(3)11-25/h4-9,13-14H,10-11H2,1-3H3,(H,21,22,23,24)/t13-,14-/m1/s1. The molecule has 4 rings (SSSR count). The monoisotopic (exact) mass is 350 g/mol. The third-order valence-electron chi connectivity index (χ3n) is 4.34. The number of rotatable bonds is 3. The molecule has 0 aliphatic carbocycles. The Morgan fingerprint density at radius 1 is 1.00 bits per heavy atom. The van der Waals surface area contributed by atoms with Crippen LogP contribution in [0.3, 0.4) is 0 Å². The average Bonchev–Trinajstić information content (AvgIpc) is 2.63. The predicted molar refractivity (Wildman–Crippen MR) is 102 cm³/mol. The van der Waals surface area contributed by atoms with Gasteiger partial charge in [-0.1, -0.05) is 17.7 Å². The second-order valence-electron chi connectivity index (χ2n) is 6.75. The molecule has 26 heavy (non-hydrogen) atoms. The van der Waals surface area contributed by atoms with Crippen LogP contribution in [0.25, 0.3) is 11.2 Å². The average molecular weight is 350 g/mol. The molecule has 0 radical (unpaired) electrons. The molecule has 1 N–H and O–H groups in total. The van der Waals surface area contributed by atoms with E-state index in [1.807, 2.05) is 12.1 Å². The summed E-state index contributed by atoms with van der Waals surface area (Å²) in [4.78, 5) is 20.3. The number of nitrogens with one attached hydrogen (secondary N) is 1. The van der Waals surface area contributed by atoms with Gasteiger partial charge in [0, 0.05) is 31.2 Å². The van der Waals surface area contributed by atoms with Crippen molar-refractivity contribution >= 4 is 28.6 Å². The van der Waals surface area contributed by atoms with Crippen molar-refractivity contribution < 1.29 is 4.74 Å². The van der Waals surface area contributed by atoms with Gasteiger partial charge >= 0.3 is 0 Å². The van der Waals surface area contributed by atoms with E-state index in [-0.39, 0.29) is 12.2 Å². The lowest BCUT2D eigenvalue weighted by Gasteiger charge is -2.35. The van der Waals surface area contributed by atoms with Crippen molar-refractivity contribution in [2.45, 2.75) is 33.0 Å². The second kappa shape index (κ2) is 6.84. The number of hydrogen-bond donors (Lipinski definition) is 1. The molecule has 1 aliphatic heterocycles. The molecule has 0 bridgehead atoms. The highest BCUT2D eigenvalue weighted by Crippen LogP contribution is 2.25. The van der Waals surface area contributed by atoms with Crippen LogP contribution in [0.1, 0.15) is 19.4 Å². The zero-order valence-corrected chi connectivity index (χ0v) is 15.2. The summed E-state index contributed by atoms with van der Waals surface area (Å²) in [6.45, 7) is 7.69. The number of aryl methyl sites for hydroxylation is 1. The van der Waals surface area contributed by atoms with Gasteiger partial charge in [0.25, 0.3) is 0 Å². The number of morpholine rings is 1. The van der Waals surface area contributed by atoms with Gasteiger partial charge in [-0.15, -0.1) is 0 Å². The summed E-state index contributed by atoms with van der Waals surface area (Å²) in [7, 11) is 0. The smallest absolute Gasteiger partial charge is 0.229 e. The van der Waals surface area contributed by atoms with E-state index in [0.29, 0.717) is 22.9 Å². The van der Waals surface area contributed by atoms with Crippen molar-refractivity contribution in [3.63, 3.8) is 0 Å². The third-order valence-corrected chi connectivity index (χ3v) is 4.34. The van der Waals surface area contributed by atoms with E-state index in [1.165, 1.54) is 5.56 Å². The highest BCUT2D eigenvalue weighted by Gasteiger charge is 2.25. The van der Waals surface area contributed by atoms with Gasteiger partial charge in [-0.25, -0.2) is 9.97 Å². The number of anilines is 3. The zero-order valence-electron chi connectivity index (χ0n) is 15.2. The first kappa shape index (κ1) is 16.7. The first-order chi connectivity index (χ1) is 12.6. The summed E-state index contributed by atoms with van der Waals surface area (Å²) in [5, 5.41) is 3.36.